The van der Waals surface area contributed by atoms with E-state index in [2.05, 4.69) is 10.3 Å². The summed E-state index contributed by atoms with van der Waals surface area (Å²) in [5, 5.41) is 4.59. The fraction of sp³-hybridized carbons (Fsp3) is 0.250. The van der Waals surface area contributed by atoms with Crippen molar-refractivity contribution in [2.24, 2.45) is 0 Å². The maximum absolute atomic E-state index is 12.5. The molecule has 3 aromatic rings. The zero-order valence-corrected chi connectivity index (χ0v) is 15.7. The molecular weight excluding hydrogens is 352 g/mol. The molecule has 0 unspecified atom stereocenters. The number of aromatic nitrogens is 1. The molecule has 0 radical (unpaired) electrons. The number of amides is 1. The number of benzene rings is 2. The Morgan fingerprint density at radius 2 is 1.88 bits per heavy atom. The van der Waals surface area contributed by atoms with E-state index >= 15 is 0 Å². The number of rotatable bonds is 6. The van der Waals surface area contributed by atoms with Crippen LogP contribution in [0.2, 0.25) is 5.02 Å². The Balaban J connectivity index is 1.67. The van der Waals surface area contributed by atoms with Crippen molar-refractivity contribution in [2.75, 3.05) is 20.8 Å². The van der Waals surface area contributed by atoms with Crippen LogP contribution in [0.25, 0.3) is 10.9 Å². The van der Waals surface area contributed by atoms with Crippen LogP contribution >= 0.6 is 11.6 Å². The van der Waals surface area contributed by atoms with Crippen molar-refractivity contribution in [3.63, 3.8) is 0 Å². The molecule has 0 saturated carbocycles. The summed E-state index contributed by atoms with van der Waals surface area (Å²) in [4.78, 5) is 15.7. The van der Waals surface area contributed by atoms with E-state index in [-0.39, 0.29) is 5.91 Å². The molecule has 3 rings (SSSR count). The Morgan fingerprint density at radius 3 is 2.62 bits per heavy atom. The van der Waals surface area contributed by atoms with Gasteiger partial charge in [-0.2, -0.15) is 0 Å². The lowest BCUT2D eigenvalue weighted by Crippen LogP contribution is -2.26. The second-order valence-electron chi connectivity index (χ2n) is 6.01. The molecule has 0 aliphatic heterocycles. The van der Waals surface area contributed by atoms with Crippen molar-refractivity contribution < 1.29 is 14.3 Å². The maximum Gasteiger partial charge on any atom is 0.268 e. The average Bonchev–Trinajstić information content (AvgIpc) is 2.97. The fourth-order valence-electron chi connectivity index (χ4n) is 2.98. The molecule has 0 aliphatic rings. The molecule has 1 heterocycles. The van der Waals surface area contributed by atoms with Gasteiger partial charge in [0.1, 0.15) is 5.69 Å². The van der Waals surface area contributed by atoms with Gasteiger partial charge in [0.15, 0.2) is 11.5 Å². The molecule has 5 nitrogen and oxygen atoms in total. The van der Waals surface area contributed by atoms with Gasteiger partial charge in [-0.25, -0.2) is 0 Å². The number of aromatic amines is 1. The first-order valence-electron chi connectivity index (χ1n) is 8.30. The maximum atomic E-state index is 12.5. The number of ether oxygens (including phenoxy) is 2. The summed E-state index contributed by atoms with van der Waals surface area (Å²) in [7, 11) is 3.21. The number of nitrogens with one attached hydrogen (secondary N) is 2. The summed E-state index contributed by atoms with van der Waals surface area (Å²) in [6, 6.07) is 11.3. The van der Waals surface area contributed by atoms with Gasteiger partial charge in [0.25, 0.3) is 5.91 Å². The standard InChI is InChI=1S/C20H21ClN2O3/c1-12-15-6-5-14(21)11-16(15)23-19(12)20(24)22-9-8-13-4-7-17(25-2)18(10-13)26-3/h4-7,10-11,23H,8-9H2,1-3H3,(H,22,24). The summed E-state index contributed by atoms with van der Waals surface area (Å²) in [5.41, 5.74) is 3.40. The van der Waals surface area contributed by atoms with Crippen LogP contribution in [0.1, 0.15) is 21.6 Å². The number of halogens is 1. The van der Waals surface area contributed by atoms with Crippen molar-refractivity contribution in [2.45, 2.75) is 13.3 Å². The van der Waals surface area contributed by atoms with E-state index in [9.17, 15) is 4.79 Å². The minimum absolute atomic E-state index is 0.129. The molecule has 6 heteroatoms. The van der Waals surface area contributed by atoms with Gasteiger partial charge in [0.05, 0.1) is 14.2 Å². The van der Waals surface area contributed by atoms with E-state index < -0.39 is 0 Å². The van der Waals surface area contributed by atoms with Gasteiger partial charge in [0.2, 0.25) is 0 Å². The third-order valence-electron chi connectivity index (χ3n) is 4.39. The summed E-state index contributed by atoms with van der Waals surface area (Å²) in [6.45, 7) is 2.44. The largest absolute Gasteiger partial charge is 0.493 e. The normalized spacial score (nSPS) is 10.8. The number of carbonyl (C=O) groups is 1. The van der Waals surface area contributed by atoms with E-state index in [4.69, 9.17) is 21.1 Å². The van der Waals surface area contributed by atoms with Crippen LogP contribution in [0, 0.1) is 6.92 Å². The summed E-state index contributed by atoms with van der Waals surface area (Å²) in [6.07, 6.45) is 0.692. The van der Waals surface area contributed by atoms with Gasteiger partial charge in [0, 0.05) is 22.5 Å². The quantitative estimate of drug-likeness (QED) is 0.684. The van der Waals surface area contributed by atoms with E-state index in [0.717, 1.165) is 22.0 Å². The minimum atomic E-state index is -0.129. The highest BCUT2D eigenvalue weighted by molar-refractivity contribution is 6.31. The Hall–Kier alpha value is -2.66. The number of carbonyl (C=O) groups excluding carboxylic acids is 1. The van der Waals surface area contributed by atoms with Crippen LogP contribution in [0.4, 0.5) is 0 Å². The molecule has 0 saturated heterocycles. The average molecular weight is 373 g/mol. The van der Waals surface area contributed by atoms with Gasteiger partial charge in [-0.3, -0.25) is 4.79 Å². The third-order valence-corrected chi connectivity index (χ3v) is 4.63. The number of fused-ring (bicyclic) bond motifs is 1. The third kappa shape index (κ3) is 3.63. The number of hydrogen-bond donors (Lipinski definition) is 2. The molecule has 0 spiro atoms. The Bertz CT molecular complexity index is 950. The van der Waals surface area contributed by atoms with Gasteiger partial charge in [-0.1, -0.05) is 23.7 Å². The van der Waals surface area contributed by atoms with Crippen LogP contribution in [0.15, 0.2) is 36.4 Å². The van der Waals surface area contributed by atoms with Crippen molar-refractivity contribution in [3.05, 3.63) is 58.2 Å². The van der Waals surface area contributed by atoms with Crippen molar-refractivity contribution in [1.29, 1.82) is 0 Å². The van der Waals surface area contributed by atoms with Gasteiger partial charge in [-0.05, 0) is 48.7 Å². The molecule has 26 heavy (non-hydrogen) atoms. The molecule has 136 valence electrons. The highest BCUT2D eigenvalue weighted by atomic mass is 35.5. The molecule has 0 fully saturated rings. The highest BCUT2D eigenvalue weighted by Crippen LogP contribution is 2.28. The predicted molar refractivity (Wildman–Crippen MR) is 104 cm³/mol. The number of hydrogen-bond acceptors (Lipinski definition) is 3. The van der Waals surface area contributed by atoms with Gasteiger partial charge >= 0.3 is 0 Å². The lowest BCUT2D eigenvalue weighted by atomic mass is 10.1. The van der Waals surface area contributed by atoms with Crippen LogP contribution in [0.5, 0.6) is 11.5 Å². The van der Waals surface area contributed by atoms with E-state index in [1.54, 1.807) is 14.2 Å². The summed E-state index contributed by atoms with van der Waals surface area (Å²) >= 11 is 6.02. The lowest BCUT2D eigenvalue weighted by molar-refractivity contribution is 0.0949. The van der Waals surface area contributed by atoms with Crippen LogP contribution in [0.3, 0.4) is 0 Å². The molecule has 0 aliphatic carbocycles. The smallest absolute Gasteiger partial charge is 0.268 e. The van der Waals surface area contributed by atoms with Crippen molar-refractivity contribution in [1.82, 2.24) is 10.3 Å². The highest BCUT2D eigenvalue weighted by Gasteiger charge is 2.14. The SMILES string of the molecule is COc1ccc(CCNC(=O)c2[nH]c3cc(Cl)ccc3c2C)cc1OC. The second kappa shape index (κ2) is 7.70. The monoisotopic (exact) mass is 372 g/mol. The Morgan fingerprint density at radius 1 is 1.12 bits per heavy atom. The predicted octanol–water partition coefficient (Wildman–Crippen LogP) is 4.12. The number of methoxy groups -OCH3 is 2. The van der Waals surface area contributed by atoms with E-state index in [1.165, 1.54) is 0 Å². The molecule has 2 aromatic carbocycles. The zero-order valence-electron chi connectivity index (χ0n) is 15.0. The van der Waals surface area contributed by atoms with Gasteiger partial charge < -0.3 is 19.8 Å². The lowest BCUT2D eigenvalue weighted by Gasteiger charge is -2.10. The fourth-order valence-corrected chi connectivity index (χ4v) is 3.15. The van der Waals surface area contributed by atoms with Crippen LogP contribution in [-0.4, -0.2) is 31.7 Å². The first-order valence-corrected chi connectivity index (χ1v) is 8.68. The summed E-state index contributed by atoms with van der Waals surface area (Å²) < 4.78 is 10.5. The zero-order chi connectivity index (χ0) is 18.7. The molecule has 1 amide bonds. The topological polar surface area (TPSA) is 63.3 Å². The molecular formula is C20H21ClN2O3. The summed E-state index contributed by atoms with van der Waals surface area (Å²) in [5.74, 6) is 1.24. The minimum Gasteiger partial charge on any atom is -0.493 e. The molecule has 1 aromatic heterocycles. The van der Waals surface area contributed by atoms with Crippen LogP contribution < -0.4 is 14.8 Å². The first-order chi connectivity index (χ1) is 12.5. The van der Waals surface area contributed by atoms with Gasteiger partial charge in [-0.15, -0.1) is 0 Å². The number of aryl methyl sites for hydroxylation is 1. The molecule has 2 N–H and O–H groups in total. The number of H-pyrrole nitrogens is 1. The van der Waals surface area contributed by atoms with E-state index in [0.29, 0.717) is 35.2 Å². The van der Waals surface area contributed by atoms with Crippen molar-refractivity contribution in [3.8, 4) is 11.5 Å². The van der Waals surface area contributed by atoms with Crippen LogP contribution in [-0.2, 0) is 6.42 Å². The first kappa shape index (κ1) is 18.1. The Kier molecular flexibility index (Phi) is 5.38. The van der Waals surface area contributed by atoms with E-state index in [1.807, 2.05) is 43.3 Å². The molecule has 0 atom stereocenters. The Labute approximate surface area is 157 Å². The van der Waals surface area contributed by atoms with Crippen molar-refractivity contribution >= 4 is 28.4 Å². The second-order valence-corrected chi connectivity index (χ2v) is 6.45. The molecule has 0 bridgehead atoms.